The molecule has 0 fully saturated rings. The van der Waals surface area contributed by atoms with Crippen molar-refractivity contribution in [2.45, 2.75) is 13.8 Å². The van der Waals surface area contributed by atoms with Crippen molar-refractivity contribution in [1.29, 1.82) is 0 Å². The first kappa shape index (κ1) is 14.8. The van der Waals surface area contributed by atoms with E-state index in [0.717, 1.165) is 17.0 Å². The number of anilines is 1. The summed E-state index contributed by atoms with van der Waals surface area (Å²) < 4.78 is 10.4. The Balaban J connectivity index is 2.10. The average molecular weight is 286 g/mol. The highest BCUT2D eigenvalue weighted by Crippen LogP contribution is 2.26. The van der Waals surface area contributed by atoms with Crippen molar-refractivity contribution in [2.75, 3.05) is 19.6 Å². The Kier molecular flexibility index (Phi) is 4.71. The van der Waals surface area contributed by atoms with Crippen LogP contribution in [0.3, 0.4) is 0 Å². The third kappa shape index (κ3) is 3.92. The highest BCUT2D eigenvalue weighted by Gasteiger charge is 2.03. The van der Waals surface area contributed by atoms with Crippen LogP contribution < -0.4 is 14.9 Å². The Bertz CT molecular complexity index is 636. The second kappa shape index (κ2) is 6.69. The van der Waals surface area contributed by atoms with E-state index in [1.807, 2.05) is 38.1 Å². The smallest absolute Gasteiger partial charge is 0.243 e. The zero-order chi connectivity index (χ0) is 15.2. The summed E-state index contributed by atoms with van der Waals surface area (Å²) >= 11 is 0. The number of aryl methyl sites for hydroxylation is 2. The first-order valence-corrected chi connectivity index (χ1v) is 6.46. The maximum Gasteiger partial charge on any atom is 0.243 e. The molecule has 0 spiro atoms. The standard InChI is InChI=1S/C15H18N4O2/c1-10-7-11(2)18-15(17-10)19-16-9-12-5-6-13(20-3)14(8-12)21-4/h5-9H,1-4H3,(H,17,18,19)/b16-9+. The van der Waals surface area contributed by atoms with Crippen molar-refractivity contribution in [3.63, 3.8) is 0 Å². The molecule has 0 aliphatic heterocycles. The lowest BCUT2D eigenvalue weighted by molar-refractivity contribution is 0.355. The molecule has 1 aromatic carbocycles. The van der Waals surface area contributed by atoms with Crippen LogP contribution in [0.1, 0.15) is 17.0 Å². The highest BCUT2D eigenvalue weighted by molar-refractivity contribution is 5.81. The van der Waals surface area contributed by atoms with Gasteiger partial charge in [0, 0.05) is 11.4 Å². The molecule has 1 aromatic heterocycles. The van der Waals surface area contributed by atoms with Gasteiger partial charge in [-0.05, 0) is 43.7 Å². The van der Waals surface area contributed by atoms with Crippen molar-refractivity contribution < 1.29 is 9.47 Å². The van der Waals surface area contributed by atoms with Crippen molar-refractivity contribution in [3.8, 4) is 11.5 Å². The van der Waals surface area contributed by atoms with E-state index in [2.05, 4.69) is 20.5 Å². The first-order valence-electron chi connectivity index (χ1n) is 6.46. The molecule has 0 amide bonds. The second-order valence-electron chi connectivity index (χ2n) is 4.46. The van der Waals surface area contributed by atoms with E-state index >= 15 is 0 Å². The van der Waals surface area contributed by atoms with Gasteiger partial charge in [-0.2, -0.15) is 5.10 Å². The molecule has 2 aromatic rings. The van der Waals surface area contributed by atoms with Crippen LogP contribution in [0.4, 0.5) is 5.95 Å². The molecule has 2 rings (SSSR count). The number of ether oxygens (including phenoxy) is 2. The summed E-state index contributed by atoms with van der Waals surface area (Å²) in [6.07, 6.45) is 1.67. The molecule has 0 unspecified atom stereocenters. The second-order valence-corrected chi connectivity index (χ2v) is 4.46. The maximum atomic E-state index is 5.24. The SMILES string of the molecule is COc1ccc(/C=N/Nc2nc(C)cc(C)n2)cc1OC. The summed E-state index contributed by atoms with van der Waals surface area (Å²) in [6.45, 7) is 3.83. The third-order valence-corrected chi connectivity index (χ3v) is 2.77. The molecular weight excluding hydrogens is 268 g/mol. The molecule has 6 heteroatoms. The molecule has 1 N–H and O–H groups in total. The van der Waals surface area contributed by atoms with Gasteiger partial charge >= 0.3 is 0 Å². The van der Waals surface area contributed by atoms with Crippen LogP contribution in [0.5, 0.6) is 11.5 Å². The Morgan fingerprint density at radius 3 is 2.29 bits per heavy atom. The topological polar surface area (TPSA) is 68.6 Å². The van der Waals surface area contributed by atoms with Crippen LogP contribution in [-0.4, -0.2) is 30.4 Å². The molecule has 0 saturated carbocycles. The Morgan fingerprint density at radius 2 is 1.67 bits per heavy atom. The first-order chi connectivity index (χ1) is 10.1. The van der Waals surface area contributed by atoms with Gasteiger partial charge in [-0.25, -0.2) is 15.4 Å². The maximum absolute atomic E-state index is 5.24. The van der Waals surface area contributed by atoms with Gasteiger partial charge in [0.25, 0.3) is 0 Å². The number of methoxy groups -OCH3 is 2. The zero-order valence-corrected chi connectivity index (χ0v) is 12.5. The normalized spacial score (nSPS) is 10.7. The van der Waals surface area contributed by atoms with Gasteiger partial charge in [0.15, 0.2) is 11.5 Å². The van der Waals surface area contributed by atoms with E-state index in [1.54, 1.807) is 20.4 Å². The van der Waals surface area contributed by atoms with Crippen molar-refractivity contribution in [3.05, 3.63) is 41.2 Å². The van der Waals surface area contributed by atoms with E-state index < -0.39 is 0 Å². The number of nitrogens with one attached hydrogen (secondary N) is 1. The lowest BCUT2D eigenvalue weighted by Crippen LogP contribution is -2.00. The molecule has 110 valence electrons. The summed E-state index contributed by atoms with van der Waals surface area (Å²) in [4.78, 5) is 8.49. The molecule has 0 aliphatic carbocycles. The van der Waals surface area contributed by atoms with Crippen LogP contribution in [0.2, 0.25) is 0 Å². The van der Waals surface area contributed by atoms with Crippen molar-refractivity contribution in [1.82, 2.24) is 9.97 Å². The number of hydrogen-bond acceptors (Lipinski definition) is 6. The molecule has 0 aliphatic rings. The lowest BCUT2D eigenvalue weighted by atomic mass is 10.2. The number of rotatable bonds is 5. The van der Waals surface area contributed by atoms with Gasteiger partial charge in [-0.3, -0.25) is 0 Å². The largest absolute Gasteiger partial charge is 0.493 e. The number of hydrazone groups is 1. The zero-order valence-electron chi connectivity index (χ0n) is 12.5. The van der Waals surface area contributed by atoms with Crippen molar-refractivity contribution >= 4 is 12.2 Å². The number of hydrogen-bond donors (Lipinski definition) is 1. The Labute approximate surface area is 123 Å². The van der Waals surface area contributed by atoms with Gasteiger partial charge in [0.1, 0.15) is 0 Å². The summed E-state index contributed by atoms with van der Waals surface area (Å²) in [7, 11) is 3.20. The van der Waals surface area contributed by atoms with E-state index in [0.29, 0.717) is 17.4 Å². The van der Waals surface area contributed by atoms with E-state index in [1.165, 1.54) is 0 Å². The Morgan fingerprint density at radius 1 is 1.00 bits per heavy atom. The van der Waals surface area contributed by atoms with Gasteiger partial charge in [0.05, 0.1) is 20.4 Å². The van der Waals surface area contributed by atoms with Crippen LogP contribution in [0, 0.1) is 13.8 Å². The highest BCUT2D eigenvalue weighted by atomic mass is 16.5. The fourth-order valence-corrected chi connectivity index (χ4v) is 1.87. The quantitative estimate of drug-likeness (QED) is 0.675. The van der Waals surface area contributed by atoms with Gasteiger partial charge in [0.2, 0.25) is 5.95 Å². The molecular formula is C15H18N4O2. The van der Waals surface area contributed by atoms with Gasteiger partial charge in [-0.1, -0.05) is 0 Å². The van der Waals surface area contributed by atoms with Crippen LogP contribution in [0.15, 0.2) is 29.4 Å². The van der Waals surface area contributed by atoms with E-state index in [-0.39, 0.29) is 0 Å². The summed E-state index contributed by atoms with van der Waals surface area (Å²) in [6, 6.07) is 7.46. The molecule has 0 bridgehead atoms. The van der Waals surface area contributed by atoms with Crippen molar-refractivity contribution in [2.24, 2.45) is 5.10 Å². The molecule has 0 saturated heterocycles. The van der Waals surface area contributed by atoms with E-state index in [9.17, 15) is 0 Å². The third-order valence-electron chi connectivity index (χ3n) is 2.77. The fourth-order valence-electron chi connectivity index (χ4n) is 1.87. The molecule has 6 nitrogen and oxygen atoms in total. The Hall–Kier alpha value is -2.63. The summed E-state index contributed by atoms with van der Waals surface area (Å²) in [5, 5.41) is 4.13. The minimum absolute atomic E-state index is 0.476. The summed E-state index contributed by atoms with van der Waals surface area (Å²) in [5.41, 5.74) is 5.48. The summed E-state index contributed by atoms with van der Waals surface area (Å²) in [5.74, 6) is 1.81. The fraction of sp³-hybridized carbons (Fsp3) is 0.267. The van der Waals surface area contributed by atoms with Crippen LogP contribution in [0.25, 0.3) is 0 Å². The molecule has 0 radical (unpaired) electrons. The van der Waals surface area contributed by atoms with Crippen LogP contribution in [-0.2, 0) is 0 Å². The number of nitrogens with zero attached hydrogens (tertiary/aromatic N) is 3. The minimum Gasteiger partial charge on any atom is -0.493 e. The predicted octanol–water partition coefficient (Wildman–Crippen LogP) is 2.56. The minimum atomic E-state index is 0.476. The predicted molar refractivity (Wildman–Crippen MR) is 82.3 cm³/mol. The van der Waals surface area contributed by atoms with E-state index in [4.69, 9.17) is 9.47 Å². The molecule has 0 atom stereocenters. The van der Waals surface area contributed by atoms with Gasteiger partial charge < -0.3 is 9.47 Å². The average Bonchev–Trinajstić information content (AvgIpc) is 2.46. The van der Waals surface area contributed by atoms with Gasteiger partial charge in [-0.15, -0.1) is 0 Å². The number of aromatic nitrogens is 2. The monoisotopic (exact) mass is 286 g/mol. The molecule has 1 heterocycles. The number of benzene rings is 1. The lowest BCUT2D eigenvalue weighted by Gasteiger charge is -2.07. The molecule has 21 heavy (non-hydrogen) atoms. The van der Waals surface area contributed by atoms with Crippen LogP contribution >= 0.6 is 0 Å².